The van der Waals surface area contributed by atoms with Crippen molar-refractivity contribution in [1.82, 2.24) is 19.6 Å². The molecule has 0 bridgehead atoms. The maximum atomic E-state index is 13.3. The van der Waals surface area contributed by atoms with E-state index in [4.69, 9.17) is 5.10 Å². The Morgan fingerprint density at radius 1 is 1.03 bits per heavy atom. The lowest BCUT2D eigenvalue weighted by Gasteiger charge is -2.34. The molecule has 32 heavy (non-hydrogen) atoms. The summed E-state index contributed by atoms with van der Waals surface area (Å²) < 4.78 is 2.10. The van der Waals surface area contributed by atoms with Crippen LogP contribution in [0.2, 0.25) is 0 Å². The average molecular weight is 441 g/mol. The molecule has 0 radical (unpaired) electrons. The van der Waals surface area contributed by atoms with Crippen LogP contribution in [-0.4, -0.2) is 56.8 Å². The van der Waals surface area contributed by atoms with Crippen molar-refractivity contribution in [3.8, 4) is 0 Å². The number of rotatable bonds is 3. The Morgan fingerprint density at radius 3 is 2.34 bits per heavy atom. The molecule has 174 valence electrons. The molecule has 0 aromatic carbocycles. The maximum absolute atomic E-state index is 13.3. The van der Waals surface area contributed by atoms with E-state index in [0.717, 1.165) is 67.7 Å². The number of Topliss-reactive ketones (excluding diaryl/α,β-unsaturated/α-hetero) is 1. The highest BCUT2D eigenvalue weighted by Crippen LogP contribution is 2.43. The Balaban J connectivity index is 1.73. The summed E-state index contributed by atoms with van der Waals surface area (Å²) in [6.07, 6.45) is 6.44. The zero-order valence-corrected chi connectivity index (χ0v) is 20.1. The molecule has 2 amide bonds. The van der Waals surface area contributed by atoms with E-state index in [-0.39, 0.29) is 35.1 Å². The van der Waals surface area contributed by atoms with Crippen LogP contribution in [0.1, 0.15) is 101 Å². The fourth-order valence-corrected chi connectivity index (χ4v) is 5.61. The van der Waals surface area contributed by atoms with Gasteiger partial charge in [-0.05, 0) is 51.4 Å². The first-order chi connectivity index (χ1) is 15.1. The van der Waals surface area contributed by atoms with E-state index in [2.05, 4.69) is 18.5 Å². The van der Waals surface area contributed by atoms with Gasteiger partial charge >= 0.3 is 0 Å². The maximum Gasteiger partial charge on any atom is 0.247 e. The predicted octanol–water partition coefficient (Wildman–Crippen LogP) is 3.85. The van der Waals surface area contributed by atoms with Gasteiger partial charge in [0.05, 0.1) is 29.0 Å². The molecule has 1 atom stereocenters. The van der Waals surface area contributed by atoms with Gasteiger partial charge in [-0.15, -0.1) is 0 Å². The summed E-state index contributed by atoms with van der Waals surface area (Å²) in [6.45, 7) is 11.9. The molecule has 4 rings (SSSR count). The molecule has 1 aliphatic carbocycles. The molecule has 1 aromatic rings. The van der Waals surface area contributed by atoms with Crippen LogP contribution in [0.4, 0.5) is 0 Å². The van der Waals surface area contributed by atoms with Gasteiger partial charge in [0.1, 0.15) is 0 Å². The Kier molecular flexibility index (Phi) is 6.03. The zero-order chi connectivity index (χ0) is 23.2. The number of carbonyl (C=O) groups is 3. The number of amides is 2. The van der Waals surface area contributed by atoms with Crippen molar-refractivity contribution in [3.63, 3.8) is 0 Å². The third-order valence-electron chi connectivity index (χ3n) is 7.12. The van der Waals surface area contributed by atoms with Gasteiger partial charge in [-0.3, -0.25) is 19.1 Å². The Hall–Kier alpha value is -2.44. The summed E-state index contributed by atoms with van der Waals surface area (Å²) in [6, 6.07) is 0.0358. The molecule has 7 heteroatoms. The molecule has 7 nitrogen and oxygen atoms in total. The van der Waals surface area contributed by atoms with E-state index >= 15 is 0 Å². The Labute approximate surface area is 190 Å². The van der Waals surface area contributed by atoms with Gasteiger partial charge in [-0.25, -0.2) is 0 Å². The summed E-state index contributed by atoms with van der Waals surface area (Å²) in [7, 11) is 0. The lowest BCUT2D eigenvalue weighted by Crippen LogP contribution is -2.38. The van der Waals surface area contributed by atoms with E-state index in [0.29, 0.717) is 13.0 Å². The average Bonchev–Trinajstić information content (AvgIpc) is 3.31. The fourth-order valence-electron chi connectivity index (χ4n) is 5.61. The van der Waals surface area contributed by atoms with Crippen LogP contribution in [0.3, 0.4) is 0 Å². The van der Waals surface area contributed by atoms with Crippen LogP contribution in [-0.2, 0) is 16.0 Å². The molecule has 0 spiro atoms. The van der Waals surface area contributed by atoms with Crippen molar-refractivity contribution >= 4 is 17.6 Å². The lowest BCUT2D eigenvalue weighted by atomic mass is 9.75. The number of hydrogen-bond donors (Lipinski definition) is 0. The molecular formula is C25H36N4O3. The smallest absolute Gasteiger partial charge is 0.247 e. The molecule has 3 aliphatic rings. The zero-order valence-electron chi connectivity index (χ0n) is 20.1. The first-order valence-corrected chi connectivity index (χ1v) is 11.9. The number of aromatic nitrogens is 2. The number of hydrogen-bond acceptors (Lipinski definition) is 4. The minimum Gasteiger partial charge on any atom is -0.343 e. The highest BCUT2D eigenvalue weighted by atomic mass is 16.2. The van der Waals surface area contributed by atoms with Gasteiger partial charge < -0.3 is 9.80 Å². The van der Waals surface area contributed by atoms with E-state index < -0.39 is 0 Å². The van der Waals surface area contributed by atoms with Crippen molar-refractivity contribution in [2.75, 3.05) is 19.6 Å². The molecule has 0 N–H and O–H groups in total. The van der Waals surface area contributed by atoms with Crippen molar-refractivity contribution in [3.05, 3.63) is 28.6 Å². The standard InChI is InChI=1S/C25H36N4O3/c1-16(2)13-22(32)28-10-6-7-19(28)24-23-20(14-25(4,5)15-21(23)31)29(26-24)18-8-11-27(12-9-18)17(3)30/h13,18-19H,6-12,14-15H2,1-5H3/t19-/m0/s1. The third kappa shape index (κ3) is 4.26. The lowest BCUT2D eigenvalue weighted by molar-refractivity contribution is -0.130. The minimum absolute atomic E-state index is 0.00848. The van der Waals surface area contributed by atoms with Gasteiger partial charge in [-0.1, -0.05) is 19.4 Å². The molecular weight excluding hydrogens is 404 g/mol. The van der Waals surface area contributed by atoms with Crippen LogP contribution < -0.4 is 0 Å². The van der Waals surface area contributed by atoms with Gasteiger partial charge in [-0.2, -0.15) is 5.10 Å². The second-order valence-corrected chi connectivity index (χ2v) is 10.7. The number of carbonyl (C=O) groups excluding carboxylic acids is 3. The molecule has 2 fully saturated rings. The SMILES string of the molecule is CC(=O)N1CCC(n2nc([C@@H]3CCCN3C(=O)C=C(C)C)c3c2CC(C)(C)CC3=O)CC1. The minimum atomic E-state index is -0.143. The van der Waals surface area contributed by atoms with Crippen molar-refractivity contribution < 1.29 is 14.4 Å². The Bertz CT molecular complexity index is 962. The van der Waals surface area contributed by atoms with Crippen LogP contribution in [0.25, 0.3) is 0 Å². The van der Waals surface area contributed by atoms with Crippen molar-refractivity contribution in [2.45, 2.75) is 85.2 Å². The Morgan fingerprint density at radius 2 is 1.72 bits per heavy atom. The van der Waals surface area contributed by atoms with Crippen LogP contribution in [0.5, 0.6) is 0 Å². The largest absolute Gasteiger partial charge is 0.343 e. The second-order valence-electron chi connectivity index (χ2n) is 10.7. The van der Waals surface area contributed by atoms with Crippen LogP contribution in [0.15, 0.2) is 11.6 Å². The third-order valence-corrected chi connectivity index (χ3v) is 7.12. The van der Waals surface area contributed by atoms with E-state index in [9.17, 15) is 14.4 Å². The summed E-state index contributed by atoms with van der Waals surface area (Å²) in [5.41, 5.74) is 3.46. The normalized spacial score (nSPS) is 23.3. The topological polar surface area (TPSA) is 75.5 Å². The van der Waals surface area contributed by atoms with E-state index in [1.807, 2.05) is 23.6 Å². The van der Waals surface area contributed by atoms with Crippen molar-refractivity contribution in [2.24, 2.45) is 5.41 Å². The number of ketones is 1. The summed E-state index contributed by atoms with van der Waals surface area (Å²) >= 11 is 0. The first kappa shape index (κ1) is 22.7. The molecule has 0 saturated carbocycles. The molecule has 1 aromatic heterocycles. The molecule has 3 heterocycles. The van der Waals surface area contributed by atoms with Crippen molar-refractivity contribution in [1.29, 1.82) is 0 Å². The fraction of sp³-hybridized carbons (Fsp3) is 0.680. The van der Waals surface area contributed by atoms with E-state index in [1.54, 1.807) is 13.0 Å². The number of fused-ring (bicyclic) bond motifs is 1. The molecule has 2 saturated heterocycles. The quantitative estimate of drug-likeness (QED) is 0.669. The number of allylic oxidation sites excluding steroid dienone is 1. The van der Waals surface area contributed by atoms with Gasteiger partial charge in [0.25, 0.3) is 0 Å². The molecule has 0 unspecified atom stereocenters. The number of nitrogens with zero attached hydrogens (tertiary/aromatic N) is 4. The number of piperidine rings is 1. The second kappa shape index (κ2) is 8.49. The first-order valence-electron chi connectivity index (χ1n) is 11.9. The number of likely N-dealkylation sites (tertiary alicyclic amines) is 2. The van der Waals surface area contributed by atoms with Crippen LogP contribution in [0, 0.1) is 5.41 Å². The summed E-state index contributed by atoms with van der Waals surface area (Å²) in [5.74, 6) is 0.275. The van der Waals surface area contributed by atoms with Gasteiger partial charge in [0.15, 0.2) is 5.78 Å². The summed E-state index contributed by atoms with van der Waals surface area (Å²) in [5, 5.41) is 5.07. The van der Waals surface area contributed by atoms with Gasteiger partial charge in [0, 0.05) is 39.1 Å². The predicted molar refractivity (Wildman–Crippen MR) is 122 cm³/mol. The highest BCUT2D eigenvalue weighted by Gasteiger charge is 2.42. The van der Waals surface area contributed by atoms with E-state index in [1.165, 1.54) is 0 Å². The van der Waals surface area contributed by atoms with Gasteiger partial charge in [0.2, 0.25) is 11.8 Å². The van der Waals surface area contributed by atoms with Crippen LogP contribution >= 0.6 is 0 Å². The highest BCUT2D eigenvalue weighted by molar-refractivity contribution is 6.00. The monoisotopic (exact) mass is 440 g/mol. The molecule has 2 aliphatic heterocycles. The summed E-state index contributed by atoms with van der Waals surface area (Å²) in [4.78, 5) is 41.8.